The molecule has 1 fully saturated rings. The molecule has 0 N–H and O–H groups in total. The molecule has 1 aromatic rings. The van der Waals surface area contributed by atoms with E-state index in [1.807, 2.05) is 18.2 Å². The summed E-state index contributed by atoms with van der Waals surface area (Å²) in [6.45, 7) is 2.58. The summed E-state index contributed by atoms with van der Waals surface area (Å²) in [7, 11) is 3.46. The van der Waals surface area contributed by atoms with Gasteiger partial charge in [0, 0.05) is 43.3 Å². The number of likely N-dealkylation sites (tertiary alicyclic amines) is 1. The van der Waals surface area contributed by atoms with Crippen LogP contribution in [0.3, 0.4) is 0 Å². The minimum absolute atomic E-state index is 0.143. The lowest BCUT2D eigenvalue weighted by Crippen LogP contribution is -2.27. The number of methoxy groups -OCH3 is 2. The molecule has 100 valence electrons. The lowest BCUT2D eigenvalue weighted by molar-refractivity contribution is -0.00461. The van der Waals surface area contributed by atoms with Crippen molar-refractivity contribution in [1.82, 2.24) is 4.90 Å². The molecule has 1 saturated heterocycles. The van der Waals surface area contributed by atoms with Crippen LogP contribution in [0.4, 0.5) is 0 Å². The lowest BCUT2D eigenvalue weighted by atomic mass is 10.2. The van der Waals surface area contributed by atoms with Crippen molar-refractivity contribution in [1.29, 1.82) is 0 Å². The third-order valence-corrected chi connectivity index (χ3v) is 4.15. The van der Waals surface area contributed by atoms with E-state index in [1.165, 1.54) is 0 Å². The second kappa shape index (κ2) is 6.35. The summed E-state index contributed by atoms with van der Waals surface area (Å²) in [6, 6.07) is 5.99. The first-order valence-corrected chi connectivity index (χ1v) is 7.03. The quantitative estimate of drug-likeness (QED) is 0.845. The van der Waals surface area contributed by atoms with Gasteiger partial charge in [-0.1, -0.05) is 33.6 Å². The normalized spacial score (nSPS) is 24.7. The van der Waals surface area contributed by atoms with Gasteiger partial charge in [-0.05, 0) is 17.7 Å². The molecule has 0 saturated carbocycles. The average Bonchev–Trinajstić information content (AvgIpc) is 2.75. The molecule has 1 aromatic carbocycles. The van der Waals surface area contributed by atoms with Gasteiger partial charge in [0.1, 0.15) is 0 Å². The van der Waals surface area contributed by atoms with Crippen LogP contribution in [0, 0.1) is 0 Å². The molecule has 5 heteroatoms. The number of nitrogens with zero attached hydrogens (tertiary/aromatic N) is 1. The van der Waals surface area contributed by atoms with Crippen molar-refractivity contribution in [2.24, 2.45) is 0 Å². The molecule has 0 radical (unpaired) electrons. The molecule has 3 nitrogen and oxygen atoms in total. The maximum Gasteiger partial charge on any atom is 0.0971 e. The summed E-state index contributed by atoms with van der Waals surface area (Å²) < 4.78 is 11.9. The summed E-state index contributed by atoms with van der Waals surface area (Å²) in [5.41, 5.74) is 1.13. The zero-order valence-corrected chi connectivity index (χ0v) is 12.9. The van der Waals surface area contributed by atoms with E-state index in [2.05, 4.69) is 20.8 Å². The van der Waals surface area contributed by atoms with Gasteiger partial charge in [-0.15, -0.1) is 0 Å². The standard InChI is InChI=1S/C13H17BrClNO2/c1-17-12-7-16(8-13(12)18-2)6-9-3-4-10(14)5-11(9)15/h3-5,12-13H,6-8H2,1-2H3. The Morgan fingerprint density at radius 2 is 1.89 bits per heavy atom. The topological polar surface area (TPSA) is 21.7 Å². The molecule has 0 bridgehead atoms. The highest BCUT2D eigenvalue weighted by Gasteiger charge is 2.32. The summed E-state index contributed by atoms with van der Waals surface area (Å²) in [5.74, 6) is 0. The van der Waals surface area contributed by atoms with Crippen LogP contribution in [0.15, 0.2) is 22.7 Å². The van der Waals surface area contributed by atoms with Crippen molar-refractivity contribution in [3.05, 3.63) is 33.3 Å². The van der Waals surface area contributed by atoms with E-state index in [4.69, 9.17) is 21.1 Å². The maximum atomic E-state index is 6.23. The van der Waals surface area contributed by atoms with E-state index in [1.54, 1.807) is 14.2 Å². The van der Waals surface area contributed by atoms with Gasteiger partial charge in [0.2, 0.25) is 0 Å². The van der Waals surface area contributed by atoms with Crippen LogP contribution in [-0.2, 0) is 16.0 Å². The van der Waals surface area contributed by atoms with Gasteiger partial charge < -0.3 is 9.47 Å². The highest BCUT2D eigenvalue weighted by Crippen LogP contribution is 2.25. The molecule has 1 aliphatic heterocycles. The minimum atomic E-state index is 0.143. The van der Waals surface area contributed by atoms with Crippen LogP contribution >= 0.6 is 27.5 Å². The maximum absolute atomic E-state index is 6.23. The van der Waals surface area contributed by atoms with Crippen molar-refractivity contribution < 1.29 is 9.47 Å². The van der Waals surface area contributed by atoms with E-state index >= 15 is 0 Å². The second-order valence-corrected chi connectivity index (χ2v) is 5.80. The first-order chi connectivity index (χ1) is 8.63. The Labute approximate surface area is 121 Å². The Balaban J connectivity index is 2.02. The highest BCUT2D eigenvalue weighted by atomic mass is 79.9. The molecule has 2 unspecified atom stereocenters. The van der Waals surface area contributed by atoms with E-state index in [0.29, 0.717) is 0 Å². The van der Waals surface area contributed by atoms with Gasteiger partial charge in [0.25, 0.3) is 0 Å². The van der Waals surface area contributed by atoms with Crippen LogP contribution in [-0.4, -0.2) is 44.4 Å². The summed E-state index contributed by atoms with van der Waals surface area (Å²) in [4.78, 5) is 2.30. The molecule has 2 rings (SSSR count). The predicted octanol–water partition coefficient (Wildman–Crippen LogP) is 2.95. The fourth-order valence-electron chi connectivity index (χ4n) is 2.29. The summed E-state index contributed by atoms with van der Waals surface area (Å²) in [6.07, 6.45) is 0.286. The number of ether oxygens (including phenoxy) is 2. The van der Waals surface area contributed by atoms with Crippen molar-refractivity contribution in [2.75, 3.05) is 27.3 Å². The molecule has 18 heavy (non-hydrogen) atoms. The van der Waals surface area contributed by atoms with Crippen LogP contribution < -0.4 is 0 Å². The molecule has 0 aromatic heterocycles. The summed E-state index contributed by atoms with van der Waals surface area (Å²) >= 11 is 9.64. The van der Waals surface area contributed by atoms with Crippen molar-refractivity contribution >= 4 is 27.5 Å². The van der Waals surface area contributed by atoms with E-state index in [-0.39, 0.29) is 12.2 Å². The van der Waals surface area contributed by atoms with Gasteiger partial charge in [0.15, 0.2) is 0 Å². The fourth-order valence-corrected chi connectivity index (χ4v) is 3.02. The van der Waals surface area contributed by atoms with Crippen molar-refractivity contribution in [2.45, 2.75) is 18.8 Å². The molecule has 1 aliphatic rings. The number of rotatable bonds is 4. The fraction of sp³-hybridized carbons (Fsp3) is 0.538. The Bertz CT molecular complexity index is 404. The third kappa shape index (κ3) is 3.25. The average molecular weight is 335 g/mol. The Hall–Kier alpha value is -0.130. The lowest BCUT2D eigenvalue weighted by Gasteiger charge is -2.16. The van der Waals surface area contributed by atoms with Crippen LogP contribution in [0.1, 0.15) is 5.56 Å². The van der Waals surface area contributed by atoms with E-state index < -0.39 is 0 Å². The Morgan fingerprint density at radius 1 is 1.28 bits per heavy atom. The van der Waals surface area contributed by atoms with Crippen LogP contribution in [0.5, 0.6) is 0 Å². The molecule has 0 aliphatic carbocycles. The number of hydrogen-bond donors (Lipinski definition) is 0. The van der Waals surface area contributed by atoms with Gasteiger partial charge >= 0.3 is 0 Å². The minimum Gasteiger partial charge on any atom is -0.377 e. The number of hydrogen-bond acceptors (Lipinski definition) is 3. The molecular weight excluding hydrogens is 318 g/mol. The molecule has 2 atom stereocenters. The van der Waals surface area contributed by atoms with Gasteiger partial charge in [-0.25, -0.2) is 0 Å². The number of halogens is 2. The summed E-state index contributed by atoms with van der Waals surface area (Å²) in [5, 5.41) is 0.791. The first-order valence-electron chi connectivity index (χ1n) is 5.86. The van der Waals surface area contributed by atoms with E-state index in [9.17, 15) is 0 Å². The zero-order chi connectivity index (χ0) is 13.1. The molecular formula is C13H17BrClNO2. The second-order valence-electron chi connectivity index (χ2n) is 4.48. The van der Waals surface area contributed by atoms with E-state index in [0.717, 1.165) is 34.7 Å². The third-order valence-electron chi connectivity index (χ3n) is 3.31. The van der Waals surface area contributed by atoms with Crippen molar-refractivity contribution in [3.63, 3.8) is 0 Å². The SMILES string of the molecule is COC1CN(Cc2ccc(Br)cc2Cl)CC1OC. The molecule has 0 spiro atoms. The monoisotopic (exact) mass is 333 g/mol. The van der Waals surface area contributed by atoms with Crippen molar-refractivity contribution in [3.8, 4) is 0 Å². The zero-order valence-electron chi connectivity index (χ0n) is 10.5. The Morgan fingerprint density at radius 3 is 2.39 bits per heavy atom. The molecule has 0 amide bonds. The first kappa shape index (κ1) is 14.3. The predicted molar refractivity (Wildman–Crippen MR) is 76.0 cm³/mol. The number of benzene rings is 1. The molecule has 1 heterocycles. The highest BCUT2D eigenvalue weighted by molar-refractivity contribution is 9.10. The van der Waals surface area contributed by atoms with Gasteiger partial charge in [0.05, 0.1) is 12.2 Å². The van der Waals surface area contributed by atoms with Gasteiger partial charge in [-0.2, -0.15) is 0 Å². The smallest absolute Gasteiger partial charge is 0.0971 e. The Kier molecular flexibility index (Phi) is 5.04. The largest absolute Gasteiger partial charge is 0.377 e. The van der Waals surface area contributed by atoms with Crippen LogP contribution in [0.2, 0.25) is 5.02 Å². The van der Waals surface area contributed by atoms with Gasteiger partial charge in [-0.3, -0.25) is 4.90 Å². The van der Waals surface area contributed by atoms with Crippen LogP contribution in [0.25, 0.3) is 0 Å².